The molecule has 0 aliphatic carbocycles. The third-order valence-corrected chi connectivity index (χ3v) is 11.6. The van der Waals surface area contributed by atoms with Gasteiger partial charge in [0.15, 0.2) is 0 Å². The second-order valence-electron chi connectivity index (χ2n) is 14.4. The second-order valence-corrected chi connectivity index (χ2v) is 14.4. The van der Waals surface area contributed by atoms with Crippen molar-refractivity contribution in [2.45, 2.75) is 0 Å². The van der Waals surface area contributed by atoms with Crippen molar-refractivity contribution in [3.8, 4) is 0 Å². The van der Waals surface area contributed by atoms with E-state index in [1.54, 1.807) is 0 Å². The Morgan fingerprint density at radius 2 is 0.537 bits per heavy atom. The molecule has 0 saturated carbocycles. The highest BCUT2D eigenvalue weighted by Gasteiger charge is 2.30. The van der Waals surface area contributed by atoms with E-state index in [0.717, 1.165) is 22.7 Å². The van der Waals surface area contributed by atoms with Crippen molar-refractivity contribution in [3.05, 3.63) is 194 Å². The van der Waals surface area contributed by atoms with E-state index in [2.05, 4.69) is 204 Å². The van der Waals surface area contributed by atoms with Crippen molar-refractivity contribution in [3.63, 3.8) is 0 Å². The van der Waals surface area contributed by atoms with Gasteiger partial charge >= 0.3 is 0 Å². The molecule has 12 aromatic carbocycles. The van der Waals surface area contributed by atoms with Gasteiger partial charge in [0.25, 0.3) is 0 Å². The normalized spacial score (nSPS) is 12.1. The monoisotopic (exact) mass is 684 g/mol. The van der Waals surface area contributed by atoms with Crippen LogP contribution in [0.25, 0.3) is 75.4 Å². The number of para-hydroxylation sites is 4. The van der Waals surface area contributed by atoms with Crippen LogP contribution in [-0.4, -0.2) is 0 Å². The summed E-state index contributed by atoms with van der Waals surface area (Å²) in [4.78, 5) is 4.97. The van der Waals surface area contributed by atoms with Crippen LogP contribution in [-0.2, 0) is 0 Å². The molecule has 2 heteroatoms. The first-order chi connectivity index (χ1) is 26.8. The minimum absolute atomic E-state index is 1.13. The van der Waals surface area contributed by atoms with E-state index >= 15 is 0 Å². The zero-order chi connectivity index (χ0) is 35.3. The van der Waals surface area contributed by atoms with E-state index in [9.17, 15) is 0 Å². The quantitative estimate of drug-likeness (QED) is 0.127. The smallest absolute Gasteiger partial charge is 0.0619 e. The number of rotatable bonds is 6. The molecule has 0 spiro atoms. The summed E-state index contributed by atoms with van der Waals surface area (Å²) in [5.41, 5.74) is 6.96. The molecule has 0 atom stereocenters. The Labute approximate surface area is 312 Å². The summed E-state index contributed by atoms with van der Waals surface area (Å²) in [5.74, 6) is 0. The number of hydrogen-bond acceptors (Lipinski definition) is 2. The maximum atomic E-state index is 2.49. The highest BCUT2D eigenvalue weighted by Crippen LogP contribution is 2.57. The molecule has 54 heavy (non-hydrogen) atoms. The summed E-state index contributed by atoms with van der Waals surface area (Å²) in [6.45, 7) is 0. The van der Waals surface area contributed by atoms with E-state index in [-0.39, 0.29) is 0 Å². The first kappa shape index (κ1) is 29.4. The first-order valence-corrected chi connectivity index (χ1v) is 18.7. The van der Waals surface area contributed by atoms with Gasteiger partial charge in [0, 0.05) is 65.8 Å². The van der Waals surface area contributed by atoms with Gasteiger partial charge in [-0.3, -0.25) is 0 Å². The van der Waals surface area contributed by atoms with Crippen LogP contribution in [0.1, 0.15) is 0 Å². The Morgan fingerprint density at radius 1 is 0.222 bits per heavy atom. The Kier molecular flexibility index (Phi) is 6.09. The van der Waals surface area contributed by atoms with E-state index in [1.807, 2.05) is 0 Å². The summed E-state index contributed by atoms with van der Waals surface area (Å²) >= 11 is 0. The molecule has 12 rings (SSSR count). The summed E-state index contributed by atoms with van der Waals surface area (Å²) in [7, 11) is 0. The second kappa shape index (κ2) is 11.2. The predicted octanol–water partition coefficient (Wildman–Crippen LogP) is 15.0. The summed E-state index contributed by atoms with van der Waals surface area (Å²) < 4.78 is 0. The van der Waals surface area contributed by atoms with Crippen LogP contribution in [0.4, 0.5) is 34.1 Å². The van der Waals surface area contributed by atoms with E-state index in [1.165, 1.54) is 86.8 Å². The van der Waals surface area contributed by atoms with E-state index < -0.39 is 0 Å². The highest BCUT2D eigenvalue weighted by molar-refractivity contribution is 6.47. The van der Waals surface area contributed by atoms with Gasteiger partial charge in [0.2, 0.25) is 0 Å². The zero-order valence-electron chi connectivity index (χ0n) is 29.4. The van der Waals surface area contributed by atoms with Crippen molar-refractivity contribution >= 4 is 110 Å². The number of hydrogen-bond donors (Lipinski definition) is 0. The van der Waals surface area contributed by atoms with Gasteiger partial charge < -0.3 is 9.80 Å². The molecule has 2 nitrogen and oxygen atoms in total. The first-order valence-electron chi connectivity index (χ1n) is 18.7. The molecule has 0 amide bonds. The molecule has 0 aliphatic heterocycles. The summed E-state index contributed by atoms with van der Waals surface area (Å²) in [5, 5.41) is 18.0. The van der Waals surface area contributed by atoms with Crippen molar-refractivity contribution < 1.29 is 0 Å². The van der Waals surface area contributed by atoms with Crippen LogP contribution >= 0.6 is 0 Å². The standard InChI is InChI=1S/C52H32N2/c1-5-19-37(20-6-1)53(38-21-7-2-8-22-38)51-41-29-27-33-15-14-18-36-32-44-50(47(41)45(33)36)49-43(51)31-35-17-13-16-34-28-30-42(48(49)46(34)35)52(44)54(39-23-9-3-10-24-39)40-25-11-4-12-26-40/h1-32H. The predicted molar refractivity (Wildman–Crippen MR) is 232 cm³/mol. The molecule has 0 bridgehead atoms. The topological polar surface area (TPSA) is 6.48 Å². The molecule has 0 saturated heterocycles. The molecule has 12 aromatic rings. The molecule has 0 N–H and O–H groups in total. The van der Waals surface area contributed by atoms with Crippen molar-refractivity contribution in [1.82, 2.24) is 0 Å². The Bertz CT molecular complexity index is 3000. The fourth-order valence-electron chi connectivity index (χ4n) is 9.48. The Morgan fingerprint density at radius 3 is 0.889 bits per heavy atom. The van der Waals surface area contributed by atoms with Crippen LogP contribution in [0.2, 0.25) is 0 Å². The molecule has 250 valence electrons. The van der Waals surface area contributed by atoms with Crippen LogP contribution < -0.4 is 9.80 Å². The third-order valence-electron chi connectivity index (χ3n) is 11.6. The molecule has 0 unspecified atom stereocenters. The Hall–Kier alpha value is -7.16. The average Bonchev–Trinajstić information content (AvgIpc) is 3.24. The van der Waals surface area contributed by atoms with Gasteiger partial charge in [-0.25, -0.2) is 0 Å². The van der Waals surface area contributed by atoms with Crippen molar-refractivity contribution in [2.24, 2.45) is 0 Å². The van der Waals surface area contributed by atoms with Crippen molar-refractivity contribution in [2.75, 3.05) is 9.80 Å². The fourth-order valence-corrected chi connectivity index (χ4v) is 9.48. The lowest BCUT2D eigenvalue weighted by molar-refractivity contribution is 1.31. The van der Waals surface area contributed by atoms with Crippen molar-refractivity contribution in [1.29, 1.82) is 0 Å². The lowest BCUT2D eigenvalue weighted by Crippen LogP contribution is -2.13. The van der Waals surface area contributed by atoms with Gasteiger partial charge in [0.1, 0.15) is 0 Å². The number of benzene rings is 12. The molecule has 0 aliphatic rings. The van der Waals surface area contributed by atoms with Crippen LogP contribution in [0, 0.1) is 0 Å². The number of anilines is 6. The lowest BCUT2D eigenvalue weighted by Gasteiger charge is -2.33. The summed E-state index contributed by atoms with van der Waals surface area (Å²) in [6, 6.07) is 71.4. The van der Waals surface area contributed by atoms with Gasteiger partial charge in [-0.05, 0) is 93.0 Å². The average molecular weight is 685 g/mol. The molecular formula is C52H32N2. The molecular weight excluding hydrogens is 653 g/mol. The SMILES string of the molecule is c1ccc(N(c2ccccc2)c2c3ccc4cccc5cc6c(N(c7ccccc7)c7ccccc7)c7ccc8cccc9cc2c(c7c89)c6c3c45)cc1. The van der Waals surface area contributed by atoms with Crippen LogP contribution in [0.3, 0.4) is 0 Å². The third kappa shape index (κ3) is 4.00. The van der Waals surface area contributed by atoms with Gasteiger partial charge in [0.05, 0.1) is 11.4 Å². The maximum Gasteiger partial charge on any atom is 0.0619 e. The van der Waals surface area contributed by atoms with Gasteiger partial charge in [-0.15, -0.1) is 0 Å². The Balaban J connectivity index is 1.38. The highest BCUT2D eigenvalue weighted by atomic mass is 15.2. The minimum Gasteiger partial charge on any atom is -0.309 e. The van der Waals surface area contributed by atoms with Gasteiger partial charge in [-0.1, -0.05) is 133 Å². The van der Waals surface area contributed by atoms with Crippen LogP contribution in [0.15, 0.2) is 194 Å². The molecule has 0 heterocycles. The largest absolute Gasteiger partial charge is 0.309 e. The minimum atomic E-state index is 1.13. The molecule has 0 fully saturated rings. The van der Waals surface area contributed by atoms with Crippen LogP contribution in [0.5, 0.6) is 0 Å². The number of nitrogens with zero attached hydrogens (tertiary/aromatic N) is 2. The van der Waals surface area contributed by atoms with E-state index in [0.29, 0.717) is 0 Å². The molecule has 0 radical (unpaired) electrons. The molecule has 0 aromatic heterocycles. The fraction of sp³-hybridized carbons (Fsp3) is 0. The van der Waals surface area contributed by atoms with E-state index in [4.69, 9.17) is 0 Å². The lowest BCUT2D eigenvalue weighted by atomic mass is 9.81. The summed E-state index contributed by atoms with van der Waals surface area (Å²) in [6.07, 6.45) is 0. The maximum absolute atomic E-state index is 2.49. The van der Waals surface area contributed by atoms with Gasteiger partial charge in [-0.2, -0.15) is 0 Å². The zero-order valence-corrected chi connectivity index (χ0v) is 29.4.